The van der Waals surface area contributed by atoms with E-state index in [4.69, 9.17) is 4.98 Å². The van der Waals surface area contributed by atoms with Crippen molar-refractivity contribution in [2.45, 2.75) is 31.1 Å². The van der Waals surface area contributed by atoms with E-state index in [1.165, 1.54) is 57.5 Å². The molecule has 24 heavy (non-hydrogen) atoms. The molecule has 2 bridgehead atoms. The van der Waals surface area contributed by atoms with Gasteiger partial charge in [-0.15, -0.1) is 23.6 Å². The summed E-state index contributed by atoms with van der Waals surface area (Å²) in [5, 5.41) is 6.12. The fourth-order valence-electron chi connectivity index (χ4n) is 4.74. The van der Waals surface area contributed by atoms with Gasteiger partial charge in [-0.3, -0.25) is 4.98 Å². The number of hydrogen-bond acceptors (Lipinski definition) is 1. The second-order valence-electron chi connectivity index (χ2n) is 7.13. The molecule has 1 radical (unpaired) electrons. The number of benzene rings is 3. The maximum absolute atomic E-state index is 5.14. The number of pyridine rings is 1. The van der Waals surface area contributed by atoms with Gasteiger partial charge in [-0.2, -0.15) is 0 Å². The minimum absolute atomic E-state index is 0. The Labute approximate surface area is 154 Å². The molecule has 1 nitrogen and oxygen atoms in total. The van der Waals surface area contributed by atoms with Crippen molar-refractivity contribution in [1.29, 1.82) is 0 Å². The maximum atomic E-state index is 5.14. The van der Waals surface area contributed by atoms with Gasteiger partial charge in [0.05, 0.1) is 0 Å². The first-order valence-corrected chi connectivity index (χ1v) is 8.55. The summed E-state index contributed by atoms with van der Waals surface area (Å²) >= 11 is 0. The third-order valence-electron chi connectivity index (χ3n) is 5.87. The van der Waals surface area contributed by atoms with Gasteiger partial charge in [0.25, 0.3) is 0 Å². The van der Waals surface area contributed by atoms with E-state index in [1.807, 2.05) is 0 Å². The fraction of sp³-hybridized carbons (Fsp3) is 0.227. The summed E-state index contributed by atoms with van der Waals surface area (Å²) < 4.78 is 0. The van der Waals surface area contributed by atoms with Crippen LogP contribution < -0.4 is 0 Å². The molecule has 0 aliphatic heterocycles. The van der Waals surface area contributed by atoms with E-state index in [9.17, 15) is 0 Å². The Morgan fingerprint density at radius 1 is 0.875 bits per heavy atom. The zero-order chi connectivity index (χ0) is 15.0. The molecule has 2 heteroatoms. The molecule has 1 aromatic heterocycles. The van der Waals surface area contributed by atoms with E-state index < -0.39 is 0 Å². The number of aromatic nitrogens is 1. The Balaban J connectivity index is 0.00000131. The van der Waals surface area contributed by atoms with Gasteiger partial charge in [-0.25, -0.2) is 0 Å². The average molecular weight is 487 g/mol. The molecule has 2 aliphatic carbocycles. The molecule has 0 saturated heterocycles. The van der Waals surface area contributed by atoms with Crippen molar-refractivity contribution in [3.05, 3.63) is 65.9 Å². The Morgan fingerprint density at radius 2 is 1.71 bits per heavy atom. The van der Waals surface area contributed by atoms with E-state index in [0.717, 1.165) is 11.4 Å². The summed E-state index contributed by atoms with van der Waals surface area (Å²) in [6.45, 7) is 0. The molecule has 1 saturated carbocycles. The SMILES string of the molecule is [Ir].[c-]1c2ccccc2cc2ccc3cc4c(nc3c12)C1CCC4C1. The topological polar surface area (TPSA) is 12.9 Å². The summed E-state index contributed by atoms with van der Waals surface area (Å²) in [4.78, 5) is 5.14. The Bertz CT molecular complexity index is 1120. The predicted octanol–water partition coefficient (Wildman–Crippen LogP) is 5.70. The monoisotopic (exact) mass is 487 g/mol. The summed E-state index contributed by atoms with van der Waals surface area (Å²) in [5.41, 5.74) is 4.04. The number of fused-ring (bicyclic) bond motifs is 9. The smallest absolute Gasteiger partial charge is 0.0385 e. The van der Waals surface area contributed by atoms with Crippen molar-refractivity contribution < 1.29 is 20.1 Å². The molecule has 6 rings (SSSR count). The van der Waals surface area contributed by atoms with Gasteiger partial charge in [-0.1, -0.05) is 52.6 Å². The largest absolute Gasteiger partial charge is 0.290 e. The van der Waals surface area contributed by atoms with Crippen LogP contribution in [-0.2, 0) is 20.1 Å². The van der Waals surface area contributed by atoms with Crippen molar-refractivity contribution in [3.8, 4) is 0 Å². The van der Waals surface area contributed by atoms with Gasteiger partial charge in [0.15, 0.2) is 0 Å². The van der Waals surface area contributed by atoms with E-state index >= 15 is 0 Å². The minimum Gasteiger partial charge on any atom is -0.290 e. The van der Waals surface area contributed by atoms with Crippen LogP contribution in [0.15, 0.2) is 48.5 Å². The van der Waals surface area contributed by atoms with E-state index in [-0.39, 0.29) is 20.1 Å². The molecule has 3 aromatic carbocycles. The van der Waals surface area contributed by atoms with Crippen LogP contribution in [-0.4, -0.2) is 4.98 Å². The standard InChI is InChI=1S/C22H16N.Ir/c1-2-4-14-11-19-15(9-13(14)3-1)6-8-18-12-20-16-5-7-17(10-16)21(20)23-22(18)19;/h1-4,6,8-9,12,16-17H,5,7,10H2;/q-1;. The first-order chi connectivity index (χ1) is 11.4. The van der Waals surface area contributed by atoms with Gasteiger partial charge >= 0.3 is 0 Å². The van der Waals surface area contributed by atoms with Crippen molar-refractivity contribution >= 4 is 32.4 Å². The van der Waals surface area contributed by atoms with Crippen LogP contribution in [0.5, 0.6) is 0 Å². The number of rotatable bonds is 0. The van der Waals surface area contributed by atoms with Crippen molar-refractivity contribution in [2.75, 3.05) is 0 Å². The first kappa shape index (κ1) is 14.6. The van der Waals surface area contributed by atoms with Crippen LogP contribution in [0, 0.1) is 6.07 Å². The van der Waals surface area contributed by atoms with Crippen LogP contribution in [0.2, 0.25) is 0 Å². The van der Waals surface area contributed by atoms with Gasteiger partial charge in [0.1, 0.15) is 0 Å². The average Bonchev–Trinajstić information content (AvgIpc) is 3.20. The summed E-state index contributed by atoms with van der Waals surface area (Å²) in [6, 6.07) is 21.2. The first-order valence-electron chi connectivity index (χ1n) is 8.55. The molecule has 0 N–H and O–H groups in total. The Kier molecular flexibility index (Phi) is 3.11. The maximum Gasteiger partial charge on any atom is 0.0385 e. The van der Waals surface area contributed by atoms with Gasteiger partial charge in [-0.05, 0) is 36.1 Å². The second-order valence-corrected chi connectivity index (χ2v) is 7.13. The zero-order valence-electron chi connectivity index (χ0n) is 13.2. The summed E-state index contributed by atoms with van der Waals surface area (Å²) in [7, 11) is 0. The molecule has 1 heterocycles. The van der Waals surface area contributed by atoms with E-state index in [0.29, 0.717) is 5.92 Å². The van der Waals surface area contributed by atoms with Gasteiger partial charge < -0.3 is 0 Å². The fourth-order valence-corrected chi connectivity index (χ4v) is 4.74. The van der Waals surface area contributed by atoms with Gasteiger partial charge in [0, 0.05) is 37.2 Å². The molecule has 0 spiro atoms. The second kappa shape index (κ2) is 5.12. The molecule has 0 amide bonds. The molecule has 119 valence electrons. The van der Waals surface area contributed by atoms with E-state index in [1.54, 1.807) is 0 Å². The third kappa shape index (κ3) is 1.87. The number of hydrogen-bond donors (Lipinski definition) is 0. The third-order valence-corrected chi connectivity index (χ3v) is 5.87. The minimum atomic E-state index is 0. The number of nitrogens with zero attached hydrogens (tertiary/aromatic N) is 1. The summed E-state index contributed by atoms with van der Waals surface area (Å²) in [6.07, 6.45) is 4.01. The normalized spacial score (nSPS) is 21.3. The molecule has 2 aliphatic rings. The Hall–Kier alpha value is -1.76. The van der Waals surface area contributed by atoms with Crippen molar-refractivity contribution in [2.24, 2.45) is 0 Å². The van der Waals surface area contributed by atoms with Crippen LogP contribution in [0.4, 0.5) is 0 Å². The van der Waals surface area contributed by atoms with Crippen LogP contribution in [0.1, 0.15) is 42.4 Å². The summed E-state index contributed by atoms with van der Waals surface area (Å²) in [5.74, 6) is 1.47. The Morgan fingerprint density at radius 3 is 2.67 bits per heavy atom. The molecular weight excluding hydrogens is 470 g/mol. The molecule has 1 fully saturated rings. The van der Waals surface area contributed by atoms with Crippen molar-refractivity contribution in [3.63, 3.8) is 0 Å². The van der Waals surface area contributed by atoms with Gasteiger partial charge in [0.2, 0.25) is 0 Å². The molecule has 2 unspecified atom stereocenters. The molecule has 4 aromatic rings. The molecule has 2 atom stereocenters. The molecular formula is C22H16IrN-. The van der Waals surface area contributed by atoms with Crippen LogP contribution in [0.25, 0.3) is 32.4 Å². The van der Waals surface area contributed by atoms with Crippen molar-refractivity contribution in [1.82, 2.24) is 4.98 Å². The quantitative estimate of drug-likeness (QED) is 0.176. The van der Waals surface area contributed by atoms with Crippen LogP contribution in [0.3, 0.4) is 0 Å². The zero-order valence-corrected chi connectivity index (χ0v) is 15.6. The predicted molar refractivity (Wildman–Crippen MR) is 94.9 cm³/mol. The van der Waals surface area contributed by atoms with E-state index in [2.05, 4.69) is 54.6 Å². The van der Waals surface area contributed by atoms with Crippen LogP contribution >= 0.6 is 0 Å².